The fraction of sp³-hybridized carbons (Fsp3) is 1.00. The molecule has 6 aliphatic rings. The SMILES string of the molecule is C1CN2CCO[Si](CCSSSSCC[Si]34OCCN(CCO3)CCO4)(O1)OCC2. The quantitative estimate of drug-likeness (QED) is 0.249. The molecule has 6 heterocycles. The van der Waals surface area contributed by atoms with E-state index in [1.807, 2.05) is 41.2 Å². The van der Waals surface area contributed by atoms with E-state index in [4.69, 9.17) is 26.6 Å². The zero-order chi connectivity index (χ0) is 20.5. The van der Waals surface area contributed by atoms with E-state index in [2.05, 4.69) is 9.80 Å². The molecular formula is C16H32N2O6S4Si2. The summed E-state index contributed by atoms with van der Waals surface area (Å²) in [5, 5.41) is 0. The molecule has 6 saturated heterocycles. The number of fused-ring (bicyclic) bond motifs is 12. The largest absolute Gasteiger partial charge is 0.501 e. The Labute approximate surface area is 197 Å². The van der Waals surface area contributed by atoms with Crippen LogP contribution in [0.2, 0.25) is 12.1 Å². The monoisotopic (exact) mass is 532 g/mol. The molecule has 0 aliphatic carbocycles. The molecule has 0 saturated carbocycles. The first-order valence-electron chi connectivity index (χ1n) is 10.6. The van der Waals surface area contributed by atoms with Crippen molar-refractivity contribution in [3.05, 3.63) is 0 Å². The van der Waals surface area contributed by atoms with Crippen LogP contribution in [0.3, 0.4) is 0 Å². The molecule has 0 aromatic heterocycles. The molecule has 8 nitrogen and oxygen atoms in total. The van der Waals surface area contributed by atoms with Gasteiger partial charge in [-0.1, -0.05) is 21.6 Å². The predicted molar refractivity (Wildman–Crippen MR) is 130 cm³/mol. The van der Waals surface area contributed by atoms with Gasteiger partial charge in [0.2, 0.25) is 0 Å². The van der Waals surface area contributed by atoms with Gasteiger partial charge in [-0.3, -0.25) is 9.80 Å². The van der Waals surface area contributed by atoms with Gasteiger partial charge in [0.1, 0.15) is 0 Å². The summed E-state index contributed by atoms with van der Waals surface area (Å²) < 4.78 is 36.5. The van der Waals surface area contributed by atoms with E-state index < -0.39 is 17.6 Å². The Hall–Kier alpha value is 1.51. The summed E-state index contributed by atoms with van der Waals surface area (Å²) in [6.07, 6.45) is 0. The molecule has 6 rings (SSSR count). The van der Waals surface area contributed by atoms with Crippen LogP contribution in [0, 0.1) is 0 Å². The highest BCUT2D eigenvalue weighted by atomic mass is 33.7. The molecule has 0 spiro atoms. The smallest absolute Gasteiger partial charge is 0.372 e. The van der Waals surface area contributed by atoms with E-state index in [0.29, 0.717) is 0 Å². The fourth-order valence-electron chi connectivity index (χ4n) is 3.78. The Morgan fingerprint density at radius 1 is 0.500 bits per heavy atom. The molecule has 0 aromatic carbocycles. The lowest BCUT2D eigenvalue weighted by Gasteiger charge is -2.38. The molecule has 6 aliphatic heterocycles. The highest BCUT2D eigenvalue weighted by Crippen LogP contribution is 2.44. The minimum Gasteiger partial charge on any atom is -0.372 e. The number of rotatable bonds is 9. The van der Waals surface area contributed by atoms with Gasteiger partial charge in [-0.2, -0.15) is 0 Å². The van der Waals surface area contributed by atoms with Crippen LogP contribution >= 0.6 is 41.2 Å². The van der Waals surface area contributed by atoms with Gasteiger partial charge >= 0.3 is 17.6 Å². The summed E-state index contributed by atoms with van der Waals surface area (Å²) >= 11 is 0. The van der Waals surface area contributed by atoms with Crippen LogP contribution in [0.1, 0.15) is 0 Å². The molecule has 6 fully saturated rings. The Morgan fingerprint density at radius 2 is 0.800 bits per heavy atom. The van der Waals surface area contributed by atoms with Gasteiger partial charge in [-0.25, -0.2) is 0 Å². The second kappa shape index (κ2) is 12.8. The lowest BCUT2D eigenvalue weighted by molar-refractivity contribution is -0.00779. The van der Waals surface area contributed by atoms with Gasteiger partial charge in [-0.15, -0.1) is 0 Å². The van der Waals surface area contributed by atoms with Crippen LogP contribution in [0.25, 0.3) is 0 Å². The Bertz CT molecular complexity index is 435. The number of hydrogen-bond donors (Lipinski definition) is 0. The Morgan fingerprint density at radius 3 is 1.10 bits per heavy atom. The minimum absolute atomic E-state index is 0.727. The van der Waals surface area contributed by atoms with Crippen LogP contribution in [0.5, 0.6) is 0 Å². The first kappa shape index (κ1) is 24.6. The average molecular weight is 533 g/mol. The zero-order valence-electron chi connectivity index (χ0n) is 17.3. The number of nitrogens with zero attached hydrogens (tertiary/aromatic N) is 2. The van der Waals surface area contributed by atoms with Gasteiger partial charge in [0.15, 0.2) is 0 Å². The van der Waals surface area contributed by atoms with E-state index in [1.165, 1.54) is 0 Å². The molecule has 0 aromatic rings. The van der Waals surface area contributed by atoms with Crippen molar-refractivity contribution in [2.75, 3.05) is 90.4 Å². The van der Waals surface area contributed by atoms with Gasteiger partial charge in [-0.05, 0) is 19.7 Å². The highest BCUT2D eigenvalue weighted by molar-refractivity contribution is 9.26. The van der Waals surface area contributed by atoms with Crippen molar-refractivity contribution in [3.8, 4) is 0 Å². The molecule has 14 heteroatoms. The summed E-state index contributed by atoms with van der Waals surface area (Å²) in [6.45, 7) is 10.3. The second-order valence-electron chi connectivity index (χ2n) is 7.42. The van der Waals surface area contributed by atoms with Crippen molar-refractivity contribution in [2.24, 2.45) is 0 Å². The summed E-state index contributed by atoms with van der Waals surface area (Å²) in [5.74, 6) is 1.97. The first-order chi connectivity index (χ1) is 14.8. The molecular weight excluding hydrogens is 501 g/mol. The molecule has 0 N–H and O–H groups in total. The maximum Gasteiger partial charge on any atom is 0.501 e. The third kappa shape index (κ3) is 7.51. The normalized spacial score (nSPS) is 37.6. The summed E-state index contributed by atoms with van der Waals surface area (Å²) in [5.41, 5.74) is 0. The van der Waals surface area contributed by atoms with E-state index in [9.17, 15) is 0 Å². The van der Waals surface area contributed by atoms with Gasteiger partial charge in [0.25, 0.3) is 0 Å². The van der Waals surface area contributed by atoms with Crippen LogP contribution in [0.4, 0.5) is 0 Å². The van der Waals surface area contributed by atoms with E-state index in [0.717, 1.165) is 103 Å². The van der Waals surface area contributed by atoms with Gasteiger partial charge < -0.3 is 26.6 Å². The van der Waals surface area contributed by atoms with Crippen molar-refractivity contribution in [1.82, 2.24) is 9.80 Å². The molecule has 0 amide bonds. The van der Waals surface area contributed by atoms with E-state index in [1.54, 1.807) is 0 Å². The molecule has 0 unspecified atom stereocenters. The van der Waals surface area contributed by atoms with Gasteiger partial charge in [0, 0.05) is 62.9 Å². The maximum atomic E-state index is 6.09. The molecule has 0 radical (unpaired) electrons. The average Bonchev–Trinajstić information content (AvgIpc) is 2.64. The lowest BCUT2D eigenvalue weighted by atomic mass is 10.4. The highest BCUT2D eigenvalue weighted by Gasteiger charge is 2.44. The standard InChI is InChI=1S/C16H32N2O6S4Si2/c1-7-19-29(20-8-2-17(1)3-9-21-29)15-13-25-27-28-26-14-16-30-22-10-4-18(5-11-23-30)6-12-24-30/h1-16H2. The van der Waals surface area contributed by atoms with Crippen molar-refractivity contribution < 1.29 is 26.6 Å². The van der Waals surface area contributed by atoms with E-state index in [-0.39, 0.29) is 0 Å². The third-order valence-corrected chi connectivity index (χ3v) is 18.3. The van der Waals surface area contributed by atoms with Crippen LogP contribution in [-0.4, -0.2) is 118 Å². The van der Waals surface area contributed by atoms with Crippen molar-refractivity contribution in [3.63, 3.8) is 0 Å². The third-order valence-electron chi connectivity index (χ3n) is 5.48. The maximum absolute atomic E-state index is 6.09. The Balaban J connectivity index is 1.09. The van der Waals surface area contributed by atoms with Crippen molar-refractivity contribution in [2.45, 2.75) is 12.1 Å². The van der Waals surface area contributed by atoms with Gasteiger partial charge in [0.05, 0.1) is 39.6 Å². The molecule has 0 atom stereocenters. The van der Waals surface area contributed by atoms with Crippen molar-refractivity contribution in [1.29, 1.82) is 0 Å². The summed E-state index contributed by atoms with van der Waals surface area (Å²) in [7, 11) is 2.41. The number of hydrogen-bond acceptors (Lipinski definition) is 12. The second-order valence-corrected chi connectivity index (χ2v) is 19.1. The summed E-state index contributed by atoms with van der Waals surface area (Å²) in [6, 6.07) is 1.77. The van der Waals surface area contributed by atoms with Crippen molar-refractivity contribution >= 4 is 58.8 Å². The summed E-state index contributed by atoms with van der Waals surface area (Å²) in [4.78, 5) is 4.70. The minimum atomic E-state index is -2.47. The topological polar surface area (TPSA) is 61.9 Å². The van der Waals surface area contributed by atoms with Crippen LogP contribution in [0.15, 0.2) is 0 Å². The van der Waals surface area contributed by atoms with Crippen LogP contribution < -0.4 is 0 Å². The molecule has 174 valence electrons. The zero-order valence-corrected chi connectivity index (χ0v) is 22.6. The molecule has 30 heavy (non-hydrogen) atoms. The Kier molecular flexibility index (Phi) is 10.5. The van der Waals surface area contributed by atoms with E-state index >= 15 is 0 Å². The first-order valence-corrected chi connectivity index (χ1v) is 19.7. The fourth-order valence-corrected chi connectivity index (χ4v) is 16.6. The predicted octanol–water partition coefficient (Wildman–Crippen LogP) is 2.30. The lowest BCUT2D eigenvalue weighted by Crippen LogP contribution is -2.55. The van der Waals surface area contributed by atoms with Crippen LogP contribution in [-0.2, 0) is 26.6 Å². The molecule has 4 bridgehead atoms.